The average Bonchev–Trinajstić information content (AvgIpc) is 2.87. The van der Waals surface area contributed by atoms with Crippen LogP contribution in [0.15, 0.2) is 11.0 Å². The van der Waals surface area contributed by atoms with E-state index in [1.807, 2.05) is 0 Å². The Kier molecular flexibility index (Phi) is 3.25. The van der Waals surface area contributed by atoms with Crippen LogP contribution in [0.1, 0.15) is 39.0 Å². The van der Waals surface area contributed by atoms with Crippen molar-refractivity contribution in [1.29, 1.82) is 0 Å². The number of anilines is 1. The average molecular weight is 308 g/mol. The summed E-state index contributed by atoms with van der Waals surface area (Å²) >= 11 is 6.26. The molecule has 1 heterocycles. The molecule has 3 aliphatic rings. The van der Waals surface area contributed by atoms with E-state index in [9.17, 15) is 4.79 Å². The molecule has 4 unspecified atom stereocenters. The number of hydrogen-bond acceptors (Lipinski definition) is 3. The first kappa shape index (κ1) is 13.6. The van der Waals surface area contributed by atoms with E-state index in [0.29, 0.717) is 17.6 Å². The zero-order valence-electron chi connectivity index (χ0n) is 12.4. The van der Waals surface area contributed by atoms with Crippen LogP contribution in [0.3, 0.4) is 0 Å². The van der Waals surface area contributed by atoms with E-state index in [1.54, 1.807) is 6.20 Å². The van der Waals surface area contributed by atoms with Crippen molar-refractivity contribution < 1.29 is 0 Å². The predicted molar refractivity (Wildman–Crippen MR) is 83.6 cm³/mol. The van der Waals surface area contributed by atoms with Crippen LogP contribution in [0.5, 0.6) is 0 Å². The first-order valence-electron chi connectivity index (χ1n) is 8.23. The summed E-state index contributed by atoms with van der Waals surface area (Å²) in [7, 11) is 0. The van der Waals surface area contributed by atoms with Crippen LogP contribution in [0.4, 0.5) is 5.69 Å². The molecule has 4 nitrogen and oxygen atoms in total. The minimum atomic E-state index is -0.163. The number of halogens is 1. The Bertz CT molecular complexity index is 598. The van der Waals surface area contributed by atoms with Crippen molar-refractivity contribution in [1.82, 2.24) is 9.78 Å². The molecule has 0 radical (unpaired) electrons. The third-order valence-corrected chi connectivity index (χ3v) is 6.13. The molecule has 0 amide bonds. The highest BCUT2D eigenvalue weighted by atomic mass is 35.5. The molecule has 0 aliphatic heterocycles. The van der Waals surface area contributed by atoms with Gasteiger partial charge in [-0.2, -0.15) is 5.10 Å². The van der Waals surface area contributed by atoms with E-state index in [0.717, 1.165) is 42.2 Å². The van der Waals surface area contributed by atoms with E-state index in [4.69, 9.17) is 11.6 Å². The summed E-state index contributed by atoms with van der Waals surface area (Å²) in [5.41, 5.74) is 0.567. The first-order chi connectivity index (χ1) is 10.2. The summed E-state index contributed by atoms with van der Waals surface area (Å²) in [5, 5.41) is 8.07. The Morgan fingerprint density at radius 3 is 2.76 bits per heavy atom. The van der Waals surface area contributed by atoms with Crippen molar-refractivity contribution in [3.8, 4) is 0 Å². The number of nitrogens with zero attached hydrogens (tertiary/aromatic N) is 2. The lowest BCUT2D eigenvalue weighted by Gasteiger charge is -2.13. The van der Waals surface area contributed by atoms with Crippen LogP contribution in [0, 0.1) is 23.7 Å². The van der Waals surface area contributed by atoms with Gasteiger partial charge in [-0.05, 0) is 49.4 Å². The molecule has 4 atom stereocenters. The minimum Gasteiger partial charge on any atom is -0.379 e. The number of rotatable bonds is 5. The number of aryl methyl sites for hydroxylation is 1. The zero-order chi connectivity index (χ0) is 14.6. The molecule has 2 bridgehead atoms. The second-order valence-corrected chi connectivity index (χ2v) is 7.29. The van der Waals surface area contributed by atoms with Gasteiger partial charge in [0, 0.05) is 12.6 Å². The van der Waals surface area contributed by atoms with Gasteiger partial charge in [-0.25, -0.2) is 4.68 Å². The predicted octanol–water partition coefficient (Wildman–Crippen LogP) is 3.15. The van der Waals surface area contributed by atoms with Gasteiger partial charge in [0.25, 0.3) is 5.56 Å². The summed E-state index contributed by atoms with van der Waals surface area (Å²) in [4.78, 5) is 12.2. The van der Waals surface area contributed by atoms with E-state index in [2.05, 4.69) is 17.3 Å². The summed E-state index contributed by atoms with van der Waals surface area (Å²) in [6.45, 7) is 2.75. The van der Waals surface area contributed by atoms with Crippen LogP contribution >= 0.6 is 11.6 Å². The fourth-order valence-electron chi connectivity index (χ4n) is 4.73. The fraction of sp³-hybridized carbons (Fsp3) is 0.750. The lowest BCUT2D eigenvalue weighted by Crippen LogP contribution is -2.25. The highest BCUT2D eigenvalue weighted by molar-refractivity contribution is 6.32. The molecule has 21 heavy (non-hydrogen) atoms. The van der Waals surface area contributed by atoms with Crippen molar-refractivity contribution in [3.63, 3.8) is 0 Å². The lowest BCUT2D eigenvalue weighted by molar-refractivity contribution is 0.456. The maximum absolute atomic E-state index is 12.2. The van der Waals surface area contributed by atoms with Crippen LogP contribution < -0.4 is 10.9 Å². The Morgan fingerprint density at radius 2 is 2.10 bits per heavy atom. The highest BCUT2D eigenvalue weighted by Crippen LogP contribution is 2.66. The van der Waals surface area contributed by atoms with Gasteiger partial charge in [-0.3, -0.25) is 4.79 Å². The van der Waals surface area contributed by atoms with Gasteiger partial charge >= 0.3 is 0 Å². The molecule has 5 heteroatoms. The lowest BCUT2D eigenvalue weighted by atomic mass is 10.0. The van der Waals surface area contributed by atoms with Gasteiger partial charge in [0.1, 0.15) is 5.02 Å². The van der Waals surface area contributed by atoms with Crippen molar-refractivity contribution >= 4 is 17.3 Å². The Hall–Kier alpha value is -1.03. The number of nitrogens with one attached hydrogen (secondary N) is 1. The van der Waals surface area contributed by atoms with E-state index in [1.165, 1.54) is 23.9 Å². The largest absolute Gasteiger partial charge is 0.379 e. The van der Waals surface area contributed by atoms with Crippen molar-refractivity contribution in [2.24, 2.45) is 23.7 Å². The Labute approximate surface area is 129 Å². The molecular formula is C16H22ClN3O. The SMILES string of the molecule is CCCCn1ncc(NC2C3C4CCC(C4)C23)c(Cl)c1=O. The fourth-order valence-corrected chi connectivity index (χ4v) is 4.93. The van der Waals surface area contributed by atoms with E-state index >= 15 is 0 Å². The molecule has 4 rings (SSSR count). The summed E-state index contributed by atoms with van der Waals surface area (Å²) < 4.78 is 1.48. The highest BCUT2D eigenvalue weighted by Gasteiger charge is 2.65. The molecule has 3 aliphatic carbocycles. The van der Waals surface area contributed by atoms with Gasteiger partial charge < -0.3 is 5.32 Å². The summed E-state index contributed by atoms with van der Waals surface area (Å²) in [6.07, 6.45) is 7.95. The molecule has 0 aromatic carbocycles. The normalized spacial score (nSPS) is 35.8. The molecule has 1 aromatic heterocycles. The Morgan fingerprint density at radius 1 is 1.38 bits per heavy atom. The first-order valence-corrected chi connectivity index (χ1v) is 8.60. The van der Waals surface area contributed by atoms with Gasteiger partial charge in [0.2, 0.25) is 0 Å². The molecule has 3 saturated carbocycles. The van der Waals surface area contributed by atoms with Gasteiger partial charge in [-0.1, -0.05) is 24.9 Å². The third-order valence-electron chi connectivity index (χ3n) is 5.77. The summed E-state index contributed by atoms with van der Waals surface area (Å²) in [6, 6.07) is 0.529. The maximum Gasteiger partial charge on any atom is 0.287 e. The zero-order valence-corrected chi connectivity index (χ0v) is 13.1. The molecule has 3 fully saturated rings. The maximum atomic E-state index is 12.2. The second kappa shape index (κ2) is 5.01. The Balaban J connectivity index is 1.49. The van der Waals surface area contributed by atoms with Gasteiger partial charge in [-0.15, -0.1) is 0 Å². The molecule has 0 spiro atoms. The molecule has 0 saturated heterocycles. The molecule has 1 aromatic rings. The smallest absolute Gasteiger partial charge is 0.287 e. The van der Waals surface area contributed by atoms with Crippen molar-refractivity contribution in [3.05, 3.63) is 21.6 Å². The summed E-state index contributed by atoms with van der Waals surface area (Å²) in [5.74, 6) is 3.47. The van der Waals surface area contributed by atoms with Crippen molar-refractivity contribution in [2.45, 2.75) is 51.6 Å². The number of aromatic nitrogens is 2. The number of hydrogen-bond donors (Lipinski definition) is 1. The quantitative estimate of drug-likeness (QED) is 0.909. The second-order valence-electron chi connectivity index (χ2n) is 6.91. The molecular weight excluding hydrogens is 286 g/mol. The van der Waals surface area contributed by atoms with Crippen molar-refractivity contribution in [2.75, 3.05) is 5.32 Å². The molecule has 114 valence electrons. The molecule has 1 N–H and O–H groups in total. The van der Waals surface area contributed by atoms with E-state index in [-0.39, 0.29) is 5.56 Å². The van der Waals surface area contributed by atoms with Crippen LogP contribution in [-0.2, 0) is 6.54 Å². The minimum absolute atomic E-state index is 0.163. The van der Waals surface area contributed by atoms with Crippen LogP contribution in [0.25, 0.3) is 0 Å². The van der Waals surface area contributed by atoms with Gasteiger partial charge in [0.05, 0.1) is 11.9 Å². The topological polar surface area (TPSA) is 46.9 Å². The van der Waals surface area contributed by atoms with Crippen LogP contribution in [-0.4, -0.2) is 15.8 Å². The van der Waals surface area contributed by atoms with E-state index < -0.39 is 0 Å². The number of unbranched alkanes of at least 4 members (excludes halogenated alkanes) is 1. The number of fused-ring (bicyclic) bond motifs is 5. The van der Waals surface area contributed by atoms with Crippen LogP contribution in [0.2, 0.25) is 5.02 Å². The van der Waals surface area contributed by atoms with Gasteiger partial charge in [0.15, 0.2) is 0 Å². The third kappa shape index (κ3) is 2.10. The standard InChI is InChI=1S/C16H22ClN3O/c1-2-3-6-20-16(21)14(17)11(8-18-20)19-15-12-9-4-5-10(7-9)13(12)15/h8-10,12-13,15,19H,2-7H2,1H3. The monoisotopic (exact) mass is 307 g/mol.